The summed E-state index contributed by atoms with van der Waals surface area (Å²) in [6.45, 7) is 0. The number of aromatic nitrogens is 3. The molecule has 1 aromatic heterocycles. The first-order valence-electron chi connectivity index (χ1n) is 10.8. The van der Waals surface area contributed by atoms with E-state index in [0.717, 1.165) is 27.0 Å². The van der Waals surface area contributed by atoms with Crippen LogP contribution in [0.1, 0.15) is 5.56 Å². The molecule has 10 heteroatoms. The maximum atomic E-state index is 12.4. The van der Waals surface area contributed by atoms with Crippen LogP contribution in [0.25, 0.3) is 23.2 Å². The summed E-state index contributed by atoms with van der Waals surface area (Å²) in [7, 11) is 1.62. The molecule has 36 heavy (non-hydrogen) atoms. The molecule has 0 fully saturated rings. The number of allylic oxidation sites excluding steroid dienone is 1. The Morgan fingerprint density at radius 3 is 2.50 bits per heavy atom. The smallest absolute Gasteiger partial charge is 0.250 e. The number of benzene rings is 3. The Morgan fingerprint density at radius 1 is 1.08 bits per heavy atom. The van der Waals surface area contributed by atoms with Crippen molar-refractivity contribution in [3.8, 4) is 22.8 Å². The van der Waals surface area contributed by atoms with Crippen molar-refractivity contribution >= 4 is 57.5 Å². The van der Waals surface area contributed by atoms with E-state index < -0.39 is 0 Å². The normalized spacial score (nSPS) is 11.6. The van der Waals surface area contributed by atoms with E-state index in [0.29, 0.717) is 16.0 Å². The van der Waals surface area contributed by atoms with Gasteiger partial charge in [-0.05, 0) is 76.1 Å². The van der Waals surface area contributed by atoms with Gasteiger partial charge in [-0.25, -0.2) is 5.43 Å². The first-order chi connectivity index (χ1) is 17.5. The van der Waals surface area contributed by atoms with E-state index in [1.165, 1.54) is 18.0 Å². The zero-order valence-electron chi connectivity index (χ0n) is 19.1. The summed E-state index contributed by atoms with van der Waals surface area (Å²) in [5, 5.41) is 13.9. The lowest BCUT2D eigenvalue weighted by Gasteiger charge is -2.11. The number of nitrogens with zero attached hydrogens (tertiary/aromatic N) is 4. The van der Waals surface area contributed by atoms with Gasteiger partial charge in [0.25, 0.3) is 5.91 Å². The lowest BCUT2D eigenvalue weighted by atomic mass is 10.2. The number of carbonyl (C=O) groups is 1. The molecule has 0 aliphatic carbocycles. The summed E-state index contributed by atoms with van der Waals surface area (Å²) in [5.41, 5.74) is 5.24. The van der Waals surface area contributed by atoms with Crippen LogP contribution >= 0.6 is 39.3 Å². The van der Waals surface area contributed by atoms with E-state index in [9.17, 15) is 4.79 Å². The fourth-order valence-corrected chi connectivity index (χ4v) is 4.42. The first-order valence-corrected chi connectivity index (χ1v) is 12.9. The van der Waals surface area contributed by atoms with E-state index in [-0.39, 0.29) is 11.7 Å². The third-order valence-corrected chi connectivity index (χ3v) is 6.49. The second-order valence-electron chi connectivity index (χ2n) is 7.37. The third-order valence-electron chi connectivity index (χ3n) is 4.88. The Kier molecular flexibility index (Phi) is 8.94. The monoisotopic (exact) mass is 581 g/mol. The van der Waals surface area contributed by atoms with Crippen LogP contribution < -0.4 is 10.2 Å². The summed E-state index contributed by atoms with van der Waals surface area (Å²) >= 11 is 10.8. The first kappa shape index (κ1) is 25.7. The molecule has 0 saturated carbocycles. The number of nitrogens with one attached hydrogen (secondary N) is 1. The van der Waals surface area contributed by atoms with E-state index in [1.54, 1.807) is 19.2 Å². The molecule has 0 aliphatic heterocycles. The topological polar surface area (TPSA) is 81.4 Å². The minimum Gasteiger partial charge on any atom is -0.497 e. The number of hydrazone groups is 1. The van der Waals surface area contributed by atoms with Gasteiger partial charge < -0.3 is 4.74 Å². The van der Waals surface area contributed by atoms with Crippen molar-refractivity contribution in [3.63, 3.8) is 0 Å². The quantitative estimate of drug-likeness (QED) is 0.144. The molecule has 7 nitrogen and oxygen atoms in total. The number of ether oxygens (including phenoxy) is 1. The summed E-state index contributed by atoms with van der Waals surface area (Å²) in [5.74, 6) is 1.21. The zero-order chi connectivity index (χ0) is 25.3. The molecule has 4 aromatic rings. The number of amides is 1. The summed E-state index contributed by atoms with van der Waals surface area (Å²) in [4.78, 5) is 12.4. The van der Waals surface area contributed by atoms with Crippen molar-refractivity contribution in [1.29, 1.82) is 0 Å². The van der Waals surface area contributed by atoms with Crippen molar-refractivity contribution in [2.75, 3.05) is 12.9 Å². The summed E-state index contributed by atoms with van der Waals surface area (Å²) < 4.78 is 7.87. The van der Waals surface area contributed by atoms with Gasteiger partial charge in [-0.3, -0.25) is 9.36 Å². The molecule has 182 valence electrons. The predicted molar refractivity (Wildman–Crippen MR) is 149 cm³/mol. The fraction of sp³-hybridized carbons (Fsp3) is 0.0769. The average molecular weight is 583 g/mol. The highest BCUT2D eigenvalue weighted by Crippen LogP contribution is 2.29. The minimum absolute atomic E-state index is 0.103. The molecule has 0 bridgehead atoms. The number of hydrogen-bond acceptors (Lipinski definition) is 6. The molecule has 0 aliphatic rings. The summed E-state index contributed by atoms with van der Waals surface area (Å²) in [6.07, 6.45) is 3.44. The summed E-state index contributed by atoms with van der Waals surface area (Å²) in [6, 6.07) is 24.7. The Labute approximate surface area is 226 Å². The van der Waals surface area contributed by atoms with Crippen LogP contribution in [0.5, 0.6) is 5.75 Å². The van der Waals surface area contributed by atoms with Crippen molar-refractivity contribution in [2.24, 2.45) is 5.10 Å². The van der Waals surface area contributed by atoms with Crippen molar-refractivity contribution in [2.45, 2.75) is 5.16 Å². The molecule has 1 N–H and O–H groups in total. The molecule has 3 aromatic carbocycles. The van der Waals surface area contributed by atoms with Crippen molar-refractivity contribution in [3.05, 3.63) is 93.9 Å². The average Bonchev–Trinajstić information content (AvgIpc) is 3.32. The van der Waals surface area contributed by atoms with Crippen LogP contribution in [-0.2, 0) is 4.79 Å². The Morgan fingerprint density at radius 2 is 1.81 bits per heavy atom. The predicted octanol–water partition coefficient (Wildman–Crippen LogP) is 6.23. The van der Waals surface area contributed by atoms with E-state index in [1.807, 2.05) is 77.4 Å². The van der Waals surface area contributed by atoms with Crippen LogP contribution in [0.3, 0.4) is 0 Å². The number of halogens is 2. The largest absolute Gasteiger partial charge is 0.497 e. The van der Waals surface area contributed by atoms with Crippen LogP contribution in [0, 0.1) is 0 Å². The Balaban J connectivity index is 1.47. The lowest BCUT2D eigenvalue weighted by Crippen LogP contribution is -2.19. The van der Waals surface area contributed by atoms with Gasteiger partial charge in [-0.1, -0.05) is 53.7 Å². The zero-order valence-corrected chi connectivity index (χ0v) is 22.3. The molecule has 0 spiro atoms. The molecule has 0 atom stereocenters. The Bertz CT molecular complexity index is 1370. The molecule has 0 unspecified atom stereocenters. The Hall–Kier alpha value is -3.40. The number of carbonyl (C=O) groups excluding carboxylic acids is 1. The van der Waals surface area contributed by atoms with Crippen molar-refractivity contribution in [1.82, 2.24) is 20.2 Å². The van der Waals surface area contributed by atoms with Gasteiger partial charge >= 0.3 is 0 Å². The van der Waals surface area contributed by atoms with Crippen molar-refractivity contribution < 1.29 is 9.53 Å². The SMILES string of the molecule is COc1ccc(-c2nnc(SCC(=O)N/N=C\C(Br)=C\c3ccccc3)n2-c2ccc(Cl)cc2)cc1. The number of thioether (sulfide) groups is 1. The van der Waals surface area contributed by atoms with E-state index >= 15 is 0 Å². The van der Waals surface area contributed by atoms with Gasteiger partial charge in [0.15, 0.2) is 11.0 Å². The molecule has 4 rings (SSSR count). The lowest BCUT2D eigenvalue weighted by molar-refractivity contribution is -0.118. The van der Waals surface area contributed by atoms with Gasteiger partial charge in [0.1, 0.15) is 5.75 Å². The molecular weight excluding hydrogens is 562 g/mol. The molecule has 0 saturated heterocycles. The van der Waals surface area contributed by atoms with Gasteiger partial charge in [0, 0.05) is 20.8 Å². The van der Waals surface area contributed by atoms with Crippen LogP contribution in [0.4, 0.5) is 0 Å². The highest BCUT2D eigenvalue weighted by atomic mass is 79.9. The van der Waals surface area contributed by atoms with Gasteiger partial charge in [0.05, 0.1) is 19.1 Å². The highest BCUT2D eigenvalue weighted by Gasteiger charge is 2.17. The van der Waals surface area contributed by atoms with Gasteiger partial charge in [-0.15, -0.1) is 10.2 Å². The maximum absolute atomic E-state index is 12.4. The van der Waals surface area contributed by atoms with E-state index in [2.05, 4.69) is 36.7 Å². The molecule has 0 radical (unpaired) electrons. The maximum Gasteiger partial charge on any atom is 0.250 e. The molecule has 1 amide bonds. The number of hydrogen-bond donors (Lipinski definition) is 1. The molecule has 1 heterocycles. The number of methoxy groups -OCH3 is 1. The van der Waals surface area contributed by atoms with E-state index in [4.69, 9.17) is 16.3 Å². The van der Waals surface area contributed by atoms with Crippen LogP contribution in [-0.4, -0.2) is 39.7 Å². The molecular formula is C26H21BrClN5O2S. The van der Waals surface area contributed by atoms with Crippen LogP contribution in [0.15, 0.2) is 93.6 Å². The minimum atomic E-state index is -0.270. The van der Waals surface area contributed by atoms with Gasteiger partial charge in [-0.2, -0.15) is 5.10 Å². The highest BCUT2D eigenvalue weighted by molar-refractivity contribution is 9.12. The third kappa shape index (κ3) is 6.84. The standard InChI is InChI=1S/C26H21BrClN5O2S/c1-35-23-13-7-19(8-14-23)25-31-32-26(33(25)22-11-9-21(28)10-12-22)36-17-24(34)30-29-16-20(27)15-18-5-3-2-4-6-18/h2-16H,17H2,1H3,(H,30,34)/b20-15-,29-16-. The van der Waals surface area contributed by atoms with Gasteiger partial charge in [0.2, 0.25) is 0 Å². The second kappa shape index (κ2) is 12.5. The fourth-order valence-electron chi connectivity index (χ4n) is 3.19. The second-order valence-corrected chi connectivity index (χ2v) is 9.66. The van der Waals surface area contributed by atoms with Crippen LogP contribution in [0.2, 0.25) is 5.02 Å². The number of rotatable bonds is 9.